The van der Waals surface area contributed by atoms with Crippen LogP contribution in [0.25, 0.3) is 0 Å². The lowest BCUT2D eigenvalue weighted by atomic mass is 10.1. The third-order valence-electron chi connectivity index (χ3n) is 1.96. The van der Waals surface area contributed by atoms with Gasteiger partial charge in [-0.2, -0.15) is 0 Å². The quantitative estimate of drug-likeness (QED) is 0.832. The first-order chi connectivity index (χ1) is 6.84. The van der Waals surface area contributed by atoms with Crippen molar-refractivity contribution < 1.29 is 0 Å². The molecule has 0 amide bonds. The van der Waals surface area contributed by atoms with Gasteiger partial charge in [0, 0.05) is 24.2 Å². The Morgan fingerprint density at radius 3 is 2.86 bits per heavy atom. The summed E-state index contributed by atoms with van der Waals surface area (Å²) in [6, 6.07) is 3.90. The van der Waals surface area contributed by atoms with Crippen LogP contribution in [-0.2, 0) is 12.8 Å². The minimum absolute atomic E-state index is 0.585. The number of nitrogen functional groups attached to an aromatic ring is 1. The molecule has 2 aromatic rings. The zero-order valence-corrected chi connectivity index (χ0v) is 8.50. The predicted molar refractivity (Wildman–Crippen MR) is 58.2 cm³/mol. The molecule has 0 aliphatic rings. The summed E-state index contributed by atoms with van der Waals surface area (Å²) in [4.78, 5) is 8.17. The van der Waals surface area contributed by atoms with E-state index < -0.39 is 0 Å². The number of thiazole rings is 1. The molecule has 0 spiro atoms. The van der Waals surface area contributed by atoms with Crippen molar-refractivity contribution in [3.63, 3.8) is 0 Å². The Bertz CT molecular complexity index is 398. The fraction of sp³-hybridized carbons (Fsp3) is 0.200. The van der Waals surface area contributed by atoms with Gasteiger partial charge in [0.2, 0.25) is 0 Å². The maximum atomic E-state index is 5.58. The molecule has 0 fully saturated rings. The molecule has 2 aromatic heterocycles. The lowest BCUT2D eigenvalue weighted by Crippen LogP contribution is -1.94. The topological polar surface area (TPSA) is 51.8 Å². The summed E-state index contributed by atoms with van der Waals surface area (Å²) in [5.74, 6) is 0.585. The van der Waals surface area contributed by atoms with Gasteiger partial charge in [-0.05, 0) is 24.1 Å². The Morgan fingerprint density at radius 1 is 1.21 bits per heavy atom. The first-order valence-electron chi connectivity index (χ1n) is 4.43. The maximum absolute atomic E-state index is 5.58. The molecule has 0 aliphatic carbocycles. The molecule has 0 bridgehead atoms. The van der Waals surface area contributed by atoms with Gasteiger partial charge in [0.05, 0.1) is 5.01 Å². The minimum Gasteiger partial charge on any atom is -0.384 e. The number of nitrogens with two attached hydrogens (primary N) is 1. The van der Waals surface area contributed by atoms with E-state index in [1.807, 2.05) is 23.7 Å². The molecule has 2 heterocycles. The van der Waals surface area contributed by atoms with E-state index in [0.29, 0.717) is 5.82 Å². The Balaban J connectivity index is 1.98. The SMILES string of the molecule is Nc1cc(CCc2nccs2)ccn1. The molecular formula is C10H11N3S. The number of rotatable bonds is 3. The second kappa shape index (κ2) is 4.19. The van der Waals surface area contributed by atoms with Crippen molar-refractivity contribution in [3.8, 4) is 0 Å². The number of hydrogen-bond acceptors (Lipinski definition) is 4. The molecule has 2 N–H and O–H groups in total. The van der Waals surface area contributed by atoms with Crippen LogP contribution in [0.15, 0.2) is 29.9 Å². The van der Waals surface area contributed by atoms with Gasteiger partial charge in [-0.1, -0.05) is 0 Å². The number of pyridine rings is 1. The van der Waals surface area contributed by atoms with E-state index in [0.717, 1.165) is 12.8 Å². The van der Waals surface area contributed by atoms with Gasteiger partial charge < -0.3 is 5.73 Å². The summed E-state index contributed by atoms with van der Waals surface area (Å²) in [6.45, 7) is 0. The fourth-order valence-electron chi connectivity index (χ4n) is 1.28. The number of anilines is 1. The molecule has 0 aromatic carbocycles. The highest BCUT2D eigenvalue weighted by atomic mass is 32.1. The molecule has 2 rings (SSSR count). The summed E-state index contributed by atoms with van der Waals surface area (Å²) in [5, 5.41) is 3.16. The number of nitrogens with zero attached hydrogens (tertiary/aromatic N) is 2. The van der Waals surface area contributed by atoms with Crippen molar-refractivity contribution in [2.24, 2.45) is 0 Å². The van der Waals surface area contributed by atoms with E-state index in [4.69, 9.17) is 5.73 Å². The zero-order chi connectivity index (χ0) is 9.80. The van der Waals surface area contributed by atoms with Gasteiger partial charge in [0.1, 0.15) is 5.82 Å². The summed E-state index contributed by atoms with van der Waals surface area (Å²) >= 11 is 1.69. The van der Waals surface area contributed by atoms with Crippen LogP contribution in [0.3, 0.4) is 0 Å². The fourth-order valence-corrected chi connectivity index (χ4v) is 1.90. The van der Waals surface area contributed by atoms with Crippen molar-refractivity contribution in [1.29, 1.82) is 0 Å². The van der Waals surface area contributed by atoms with Crippen LogP contribution in [0.1, 0.15) is 10.6 Å². The maximum Gasteiger partial charge on any atom is 0.123 e. The number of hydrogen-bond donors (Lipinski definition) is 1. The van der Waals surface area contributed by atoms with Crippen LogP contribution in [0.4, 0.5) is 5.82 Å². The van der Waals surface area contributed by atoms with E-state index in [2.05, 4.69) is 9.97 Å². The van der Waals surface area contributed by atoms with E-state index in [1.165, 1.54) is 10.6 Å². The molecule has 0 aliphatic heterocycles. The Morgan fingerprint density at radius 2 is 2.14 bits per heavy atom. The predicted octanol–water partition coefficient (Wildman–Crippen LogP) is 1.91. The first-order valence-corrected chi connectivity index (χ1v) is 5.31. The second-order valence-electron chi connectivity index (χ2n) is 3.01. The van der Waals surface area contributed by atoms with Crippen molar-refractivity contribution in [2.45, 2.75) is 12.8 Å². The second-order valence-corrected chi connectivity index (χ2v) is 3.99. The molecule has 3 nitrogen and oxygen atoms in total. The summed E-state index contributed by atoms with van der Waals surface area (Å²) in [5.41, 5.74) is 6.80. The summed E-state index contributed by atoms with van der Waals surface area (Å²) < 4.78 is 0. The normalized spacial score (nSPS) is 10.3. The monoisotopic (exact) mass is 205 g/mol. The number of aromatic nitrogens is 2. The van der Waals surface area contributed by atoms with Gasteiger partial charge in [-0.25, -0.2) is 9.97 Å². The van der Waals surface area contributed by atoms with Gasteiger partial charge in [0.15, 0.2) is 0 Å². The van der Waals surface area contributed by atoms with Crippen molar-refractivity contribution >= 4 is 17.2 Å². The number of aryl methyl sites for hydroxylation is 2. The molecule has 0 atom stereocenters. The van der Waals surface area contributed by atoms with Gasteiger partial charge in [-0.3, -0.25) is 0 Å². The highest BCUT2D eigenvalue weighted by Gasteiger charge is 1.98. The largest absolute Gasteiger partial charge is 0.384 e. The van der Waals surface area contributed by atoms with E-state index >= 15 is 0 Å². The van der Waals surface area contributed by atoms with Gasteiger partial charge >= 0.3 is 0 Å². The smallest absolute Gasteiger partial charge is 0.123 e. The van der Waals surface area contributed by atoms with Gasteiger partial charge in [-0.15, -0.1) is 11.3 Å². The van der Waals surface area contributed by atoms with Crippen molar-refractivity contribution in [2.75, 3.05) is 5.73 Å². The molecule has 0 radical (unpaired) electrons. The van der Waals surface area contributed by atoms with Crippen molar-refractivity contribution in [3.05, 3.63) is 40.5 Å². The Hall–Kier alpha value is -1.42. The van der Waals surface area contributed by atoms with Crippen LogP contribution in [-0.4, -0.2) is 9.97 Å². The molecule has 0 unspecified atom stereocenters. The highest BCUT2D eigenvalue weighted by molar-refractivity contribution is 7.09. The molecule has 72 valence electrons. The third kappa shape index (κ3) is 2.29. The Labute approximate surface area is 86.6 Å². The van der Waals surface area contributed by atoms with E-state index in [-0.39, 0.29) is 0 Å². The molecule has 0 saturated carbocycles. The average Bonchev–Trinajstić information content (AvgIpc) is 2.67. The van der Waals surface area contributed by atoms with Crippen LogP contribution < -0.4 is 5.73 Å². The standard InChI is InChI=1S/C10H11N3S/c11-9-7-8(3-4-12-9)1-2-10-13-5-6-14-10/h3-7H,1-2H2,(H2,11,12). The minimum atomic E-state index is 0.585. The lowest BCUT2D eigenvalue weighted by molar-refractivity contribution is 0.941. The zero-order valence-electron chi connectivity index (χ0n) is 7.68. The van der Waals surface area contributed by atoms with Crippen LogP contribution in [0.2, 0.25) is 0 Å². The molecule has 0 saturated heterocycles. The lowest BCUT2D eigenvalue weighted by Gasteiger charge is -1.99. The van der Waals surface area contributed by atoms with E-state index in [1.54, 1.807) is 17.5 Å². The summed E-state index contributed by atoms with van der Waals surface area (Å²) in [7, 11) is 0. The molecule has 14 heavy (non-hydrogen) atoms. The van der Waals surface area contributed by atoms with Crippen molar-refractivity contribution in [1.82, 2.24) is 9.97 Å². The first kappa shape index (κ1) is 9.15. The van der Waals surface area contributed by atoms with Crippen LogP contribution in [0.5, 0.6) is 0 Å². The van der Waals surface area contributed by atoms with E-state index in [9.17, 15) is 0 Å². The average molecular weight is 205 g/mol. The summed E-state index contributed by atoms with van der Waals surface area (Å²) in [6.07, 6.45) is 5.52. The Kier molecular flexibility index (Phi) is 2.74. The molecular weight excluding hydrogens is 194 g/mol. The van der Waals surface area contributed by atoms with Gasteiger partial charge in [0.25, 0.3) is 0 Å². The third-order valence-corrected chi connectivity index (χ3v) is 2.80. The van der Waals surface area contributed by atoms with Crippen LogP contribution >= 0.6 is 11.3 Å². The molecule has 4 heteroatoms. The highest BCUT2D eigenvalue weighted by Crippen LogP contribution is 2.10. The van der Waals surface area contributed by atoms with Crippen LogP contribution in [0, 0.1) is 0 Å².